The number of hydrogen-bond acceptors (Lipinski definition) is 4. The summed E-state index contributed by atoms with van der Waals surface area (Å²) in [5.74, 6) is -0.206. The van der Waals surface area contributed by atoms with Crippen molar-refractivity contribution in [3.8, 4) is 0 Å². The summed E-state index contributed by atoms with van der Waals surface area (Å²) in [5, 5.41) is 21.0. The van der Waals surface area contributed by atoms with Crippen molar-refractivity contribution in [3.05, 3.63) is 30.3 Å². The normalized spacial score (nSPS) is 9.88. The van der Waals surface area contributed by atoms with Crippen LogP contribution in [0.2, 0.25) is 0 Å². The fraction of sp³-hybridized carbons (Fsp3) is 0.182. The molecule has 0 radical (unpaired) electrons. The van der Waals surface area contributed by atoms with Gasteiger partial charge in [-0.2, -0.15) is 0 Å². The van der Waals surface area contributed by atoms with E-state index in [4.69, 9.17) is 10.3 Å². The minimum absolute atomic E-state index is 0.139. The third kappa shape index (κ3) is 7.55. The molecule has 0 spiro atoms. The highest BCUT2D eigenvalue weighted by molar-refractivity contribution is 6.37. The van der Waals surface area contributed by atoms with Gasteiger partial charge in [-0.05, 0) is 19.1 Å². The zero-order chi connectivity index (χ0) is 13.3. The molecule has 92 valence electrons. The van der Waals surface area contributed by atoms with Crippen LogP contribution in [0.1, 0.15) is 13.8 Å². The second kappa shape index (κ2) is 7.86. The van der Waals surface area contributed by atoms with E-state index in [1.165, 1.54) is 13.8 Å². The van der Waals surface area contributed by atoms with Gasteiger partial charge in [0.1, 0.15) is 5.71 Å². The van der Waals surface area contributed by atoms with Crippen LogP contribution in [-0.4, -0.2) is 27.9 Å². The lowest BCUT2D eigenvalue weighted by atomic mass is 10.3. The molecule has 0 aromatic heterocycles. The molecule has 1 aromatic carbocycles. The van der Waals surface area contributed by atoms with Crippen LogP contribution in [0, 0.1) is 0 Å². The van der Waals surface area contributed by atoms with Gasteiger partial charge in [-0.15, -0.1) is 0 Å². The van der Waals surface area contributed by atoms with Gasteiger partial charge in [0.2, 0.25) is 0 Å². The highest BCUT2D eigenvalue weighted by Gasteiger charge is 1.94. The standard InChI is InChI=1S/C7H7NO2.C4H7NO2/c9-7(10)8-6-4-2-1-3-5-6;1-3(5-7)4(2)6/h1-5,8H,(H,9,10);7H,1-2H3. The molecule has 0 atom stereocenters. The van der Waals surface area contributed by atoms with E-state index in [1.807, 2.05) is 6.07 Å². The second-order valence-electron chi connectivity index (χ2n) is 3.04. The van der Waals surface area contributed by atoms with Crippen molar-refractivity contribution in [1.82, 2.24) is 0 Å². The third-order valence-corrected chi connectivity index (χ3v) is 1.68. The first-order chi connectivity index (χ1) is 7.97. The number of Topliss-reactive ketones (excluding diaryl/α,β-unsaturated/α-hetero) is 1. The number of rotatable bonds is 2. The minimum Gasteiger partial charge on any atom is -0.465 e. The van der Waals surface area contributed by atoms with Gasteiger partial charge < -0.3 is 10.3 Å². The van der Waals surface area contributed by atoms with Crippen molar-refractivity contribution in [3.63, 3.8) is 0 Å². The first kappa shape index (κ1) is 14.6. The maximum atomic E-state index is 10.1. The Labute approximate surface area is 98.6 Å². The molecule has 6 nitrogen and oxygen atoms in total. The van der Waals surface area contributed by atoms with Crippen LogP contribution >= 0.6 is 0 Å². The number of nitrogens with one attached hydrogen (secondary N) is 1. The Balaban J connectivity index is 0.000000325. The van der Waals surface area contributed by atoms with Crippen LogP contribution in [-0.2, 0) is 4.79 Å². The molecule has 0 aliphatic rings. The first-order valence-corrected chi connectivity index (χ1v) is 4.72. The average molecular weight is 238 g/mol. The summed E-state index contributed by atoms with van der Waals surface area (Å²) >= 11 is 0. The number of carbonyl (C=O) groups excluding carboxylic acids is 1. The molecule has 0 bridgehead atoms. The number of carboxylic acid groups (broad SMARTS) is 1. The predicted octanol–water partition coefficient (Wildman–Crippen LogP) is 2.20. The highest BCUT2D eigenvalue weighted by Crippen LogP contribution is 2.03. The Kier molecular flexibility index (Phi) is 6.77. The van der Waals surface area contributed by atoms with Crippen molar-refractivity contribution in [2.75, 3.05) is 5.32 Å². The SMILES string of the molecule is CC(=O)C(C)=NO.O=C(O)Nc1ccccc1. The summed E-state index contributed by atoms with van der Waals surface area (Å²) in [7, 11) is 0. The van der Waals surface area contributed by atoms with Gasteiger partial charge in [0.05, 0.1) is 0 Å². The molecule has 0 unspecified atom stereocenters. The van der Waals surface area contributed by atoms with Gasteiger partial charge in [-0.3, -0.25) is 10.1 Å². The fourth-order valence-electron chi connectivity index (χ4n) is 0.715. The summed E-state index contributed by atoms with van der Waals surface area (Å²) in [6.07, 6.45) is -1.04. The quantitative estimate of drug-likeness (QED) is 0.418. The topological polar surface area (TPSA) is 99.0 Å². The number of anilines is 1. The van der Waals surface area contributed by atoms with E-state index in [-0.39, 0.29) is 11.5 Å². The molecule has 0 aliphatic heterocycles. The van der Waals surface area contributed by atoms with Crippen molar-refractivity contribution in [2.45, 2.75) is 13.8 Å². The number of para-hydroxylation sites is 1. The Morgan fingerprint density at radius 2 is 1.71 bits per heavy atom. The molecule has 1 amide bonds. The lowest BCUT2D eigenvalue weighted by Gasteiger charge is -1.96. The zero-order valence-electron chi connectivity index (χ0n) is 9.54. The number of ketones is 1. The van der Waals surface area contributed by atoms with E-state index in [9.17, 15) is 9.59 Å². The molecule has 0 heterocycles. The molecular formula is C11H14N2O4. The van der Waals surface area contributed by atoms with Gasteiger partial charge in [-0.25, -0.2) is 4.79 Å². The van der Waals surface area contributed by atoms with Gasteiger partial charge in [-0.1, -0.05) is 23.4 Å². The second-order valence-corrected chi connectivity index (χ2v) is 3.04. The molecule has 1 rings (SSSR count). The summed E-state index contributed by atoms with van der Waals surface area (Å²) in [5.41, 5.74) is 0.731. The number of benzene rings is 1. The largest absolute Gasteiger partial charge is 0.465 e. The van der Waals surface area contributed by atoms with E-state index >= 15 is 0 Å². The first-order valence-electron chi connectivity index (χ1n) is 4.72. The van der Waals surface area contributed by atoms with E-state index < -0.39 is 6.09 Å². The molecule has 0 saturated carbocycles. The molecule has 17 heavy (non-hydrogen) atoms. The minimum atomic E-state index is -1.04. The molecule has 0 aliphatic carbocycles. The summed E-state index contributed by atoms with van der Waals surface area (Å²) < 4.78 is 0. The maximum Gasteiger partial charge on any atom is 0.409 e. The predicted molar refractivity (Wildman–Crippen MR) is 63.7 cm³/mol. The smallest absolute Gasteiger partial charge is 0.409 e. The zero-order valence-corrected chi connectivity index (χ0v) is 9.54. The van der Waals surface area contributed by atoms with Gasteiger partial charge in [0, 0.05) is 12.6 Å². The Morgan fingerprint density at radius 3 is 2.00 bits per heavy atom. The Bertz CT molecular complexity index is 401. The van der Waals surface area contributed by atoms with Crippen LogP contribution in [0.4, 0.5) is 10.5 Å². The summed E-state index contributed by atoms with van der Waals surface area (Å²) in [4.78, 5) is 20.1. The van der Waals surface area contributed by atoms with Crippen LogP contribution in [0.15, 0.2) is 35.5 Å². The molecule has 3 N–H and O–H groups in total. The van der Waals surface area contributed by atoms with Crippen LogP contribution in [0.25, 0.3) is 0 Å². The van der Waals surface area contributed by atoms with Crippen LogP contribution in [0.3, 0.4) is 0 Å². The van der Waals surface area contributed by atoms with Crippen LogP contribution < -0.4 is 5.32 Å². The monoisotopic (exact) mass is 238 g/mol. The van der Waals surface area contributed by atoms with Crippen LogP contribution in [0.5, 0.6) is 0 Å². The number of nitrogens with zero attached hydrogens (tertiary/aromatic N) is 1. The van der Waals surface area contributed by atoms with E-state index in [0.29, 0.717) is 5.69 Å². The molecule has 0 fully saturated rings. The van der Waals surface area contributed by atoms with Crippen molar-refractivity contribution >= 4 is 23.3 Å². The fourth-order valence-corrected chi connectivity index (χ4v) is 0.715. The molecule has 6 heteroatoms. The molecule has 0 saturated heterocycles. The van der Waals surface area contributed by atoms with E-state index in [1.54, 1.807) is 24.3 Å². The number of oxime groups is 1. The lowest BCUT2D eigenvalue weighted by molar-refractivity contribution is -0.111. The Hall–Kier alpha value is -2.37. The highest BCUT2D eigenvalue weighted by atomic mass is 16.4. The van der Waals surface area contributed by atoms with Gasteiger partial charge >= 0.3 is 6.09 Å². The summed E-state index contributed by atoms with van der Waals surface area (Å²) in [6.45, 7) is 2.79. The molecule has 1 aromatic rings. The van der Waals surface area contributed by atoms with E-state index in [0.717, 1.165) is 0 Å². The number of hydrogen-bond donors (Lipinski definition) is 3. The Morgan fingerprint density at radius 1 is 1.18 bits per heavy atom. The summed E-state index contributed by atoms with van der Waals surface area (Å²) in [6, 6.07) is 8.74. The van der Waals surface area contributed by atoms with Crippen molar-refractivity contribution < 1.29 is 19.9 Å². The number of amides is 1. The van der Waals surface area contributed by atoms with Crippen molar-refractivity contribution in [2.24, 2.45) is 5.16 Å². The van der Waals surface area contributed by atoms with Crippen molar-refractivity contribution in [1.29, 1.82) is 0 Å². The molecular weight excluding hydrogens is 224 g/mol. The van der Waals surface area contributed by atoms with E-state index in [2.05, 4.69) is 10.5 Å². The average Bonchev–Trinajstić information content (AvgIpc) is 2.29. The van der Waals surface area contributed by atoms with Gasteiger partial charge in [0.15, 0.2) is 5.78 Å². The third-order valence-electron chi connectivity index (χ3n) is 1.68. The maximum absolute atomic E-state index is 10.1. The lowest BCUT2D eigenvalue weighted by Crippen LogP contribution is -2.06. The van der Waals surface area contributed by atoms with Gasteiger partial charge in [0.25, 0.3) is 0 Å². The number of carbonyl (C=O) groups is 2.